The molecule has 1 saturated heterocycles. The molecule has 0 saturated carbocycles. The van der Waals surface area contributed by atoms with Gasteiger partial charge in [0.05, 0.1) is 5.39 Å². The number of rotatable bonds is 6. The number of hydrogen-bond acceptors (Lipinski definition) is 6. The quantitative estimate of drug-likeness (QED) is 0.467. The first kappa shape index (κ1) is 24.8. The Morgan fingerprint density at radius 3 is 2.58 bits per heavy atom. The molecule has 1 atom stereocenters. The van der Waals surface area contributed by atoms with E-state index in [4.69, 9.17) is 9.97 Å². The van der Waals surface area contributed by atoms with Gasteiger partial charge in [0.2, 0.25) is 0 Å². The summed E-state index contributed by atoms with van der Waals surface area (Å²) in [6.45, 7) is 8.22. The topological polar surface area (TPSA) is 64.6 Å². The van der Waals surface area contributed by atoms with Crippen molar-refractivity contribution in [3.63, 3.8) is 0 Å². The Bertz CT molecular complexity index is 1210. The third-order valence-corrected chi connectivity index (χ3v) is 8.60. The van der Waals surface area contributed by atoms with E-state index in [1.54, 1.807) is 0 Å². The van der Waals surface area contributed by atoms with Crippen LogP contribution in [0.5, 0.6) is 0 Å². The van der Waals surface area contributed by atoms with E-state index in [-0.39, 0.29) is 6.03 Å². The zero-order chi connectivity index (χ0) is 25.2. The van der Waals surface area contributed by atoms with Gasteiger partial charge in [-0.25, -0.2) is 14.8 Å². The van der Waals surface area contributed by atoms with Gasteiger partial charge in [-0.15, -0.1) is 11.3 Å². The van der Waals surface area contributed by atoms with E-state index < -0.39 is 0 Å². The van der Waals surface area contributed by atoms with Gasteiger partial charge >= 0.3 is 6.03 Å². The van der Waals surface area contributed by atoms with Gasteiger partial charge in [0, 0.05) is 62.9 Å². The molecule has 8 heteroatoms. The van der Waals surface area contributed by atoms with Gasteiger partial charge in [-0.3, -0.25) is 0 Å². The average Bonchev–Trinajstić information content (AvgIpc) is 3.25. The zero-order valence-electron chi connectivity index (χ0n) is 22.0. The summed E-state index contributed by atoms with van der Waals surface area (Å²) in [5.41, 5.74) is 3.66. The monoisotopic (exact) mass is 506 g/mol. The highest BCUT2D eigenvalue weighted by Gasteiger charge is 2.28. The Balaban J connectivity index is 1.47. The van der Waals surface area contributed by atoms with Gasteiger partial charge in [0.15, 0.2) is 5.82 Å². The van der Waals surface area contributed by atoms with Crippen molar-refractivity contribution >= 4 is 39.1 Å². The fraction of sp³-hybridized carbons (Fsp3) is 0.536. The number of carbonyl (C=O) groups excluding carboxylic acids is 1. The summed E-state index contributed by atoms with van der Waals surface area (Å²) in [7, 11) is 4.10. The molecule has 2 aromatic heterocycles. The van der Waals surface area contributed by atoms with Crippen molar-refractivity contribution in [3.8, 4) is 11.4 Å². The van der Waals surface area contributed by atoms with E-state index in [2.05, 4.69) is 67.3 Å². The lowest BCUT2D eigenvalue weighted by atomic mass is 9.89. The van der Waals surface area contributed by atoms with E-state index >= 15 is 0 Å². The van der Waals surface area contributed by atoms with Gasteiger partial charge in [-0.05, 0) is 61.4 Å². The number of benzene rings is 1. The molecule has 5 rings (SSSR count). The number of urea groups is 1. The maximum Gasteiger partial charge on any atom is 0.317 e. The average molecular weight is 507 g/mol. The summed E-state index contributed by atoms with van der Waals surface area (Å²) in [6.07, 6.45) is 5.56. The van der Waals surface area contributed by atoms with E-state index in [0.29, 0.717) is 13.1 Å². The Kier molecular flexibility index (Phi) is 7.32. The first-order valence-corrected chi connectivity index (χ1v) is 14.1. The standard InChI is InChI=1S/C28H38N6OS/c1-5-6-13-29-28(35)34-16-14-33(15-17-34)26-24-22-12-7-19(2)18-23(22)36-27(24)31-25(30-26)20-8-10-21(11-9-20)32(3)4/h8-11,19H,5-7,12-18H2,1-4H3,(H,29,35). The molecule has 1 aliphatic heterocycles. The number of aromatic nitrogens is 2. The predicted octanol–water partition coefficient (Wildman–Crippen LogP) is 5.18. The molecule has 2 amide bonds. The van der Waals surface area contributed by atoms with Crippen molar-refractivity contribution in [1.29, 1.82) is 0 Å². The summed E-state index contributed by atoms with van der Waals surface area (Å²) in [5, 5.41) is 4.31. The number of nitrogens with one attached hydrogen (secondary N) is 1. The highest BCUT2D eigenvalue weighted by molar-refractivity contribution is 7.19. The molecule has 1 aliphatic carbocycles. The summed E-state index contributed by atoms with van der Waals surface area (Å²) >= 11 is 1.85. The van der Waals surface area contributed by atoms with Crippen molar-refractivity contribution in [3.05, 3.63) is 34.7 Å². The van der Waals surface area contributed by atoms with Crippen LogP contribution in [0.15, 0.2) is 24.3 Å². The molecule has 36 heavy (non-hydrogen) atoms. The SMILES string of the molecule is CCCCNC(=O)N1CCN(c2nc(-c3ccc(N(C)C)cc3)nc3sc4c(c23)CCC(C)C4)CC1. The Labute approximate surface area is 218 Å². The minimum atomic E-state index is 0.0551. The smallest absolute Gasteiger partial charge is 0.317 e. The first-order chi connectivity index (χ1) is 17.4. The summed E-state index contributed by atoms with van der Waals surface area (Å²) in [6, 6.07) is 8.54. The minimum Gasteiger partial charge on any atom is -0.378 e. The molecular formula is C28H38N6OS. The molecule has 1 unspecified atom stereocenters. The normalized spacial score (nSPS) is 17.8. The lowest BCUT2D eigenvalue weighted by Gasteiger charge is -2.36. The lowest BCUT2D eigenvalue weighted by Crippen LogP contribution is -2.52. The molecule has 192 valence electrons. The molecule has 0 spiro atoms. The number of aryl methyl sites for hydroxylation is 1. The predicted molar refractivity (Wildman–Crippen MR) is 150 cm³/mol. The van der Waals surface area contributed by atoms with Crippen LogP contribution >= 0.6 is 11.3 Å². The number of piperazine rings is 1. The molecule has 2 aliphatic rings. The Hall–Kier alpha value is -2.87. The van der Waals surface area contributed by atoms with Crippen molar-refractivity contribution in [2.45, 2.75) is 46.0 Å². The second-order valence-corrected chi connectivity index (χ2v) is 11.5. The summed E-state index contributed by atoms with van der Waals surface area (Å²) < 4.78 is 0. The molecule has 0 bridgehead atoms. The number of thiophene rings is 1. The third kappa shape index (κ3) is 5.01. The van der Waals surface area contributed by atoms with Crippen LogP contribution in [0.2, 0.25) is 0 Å². The van der Waals surface area contributed by atoms with Gasteiger partial charge in [0.1, 0.15) is 10.6 Å². The van der Waals surface area contributed by atoms with Crippen molar-refractivity contribution < 1.29 is 4.79 Å². The maximum atomic E-state index is 12.6. The van der Waals surface area contributed by atoms with Crippen LogP contribution in [0.25, 0.3) is 21.6 Å². The number of nitrogens with zero attached hydrogens (tertiary/aromatic N) is 5. The number of amides is 2. The van der Waals surface area contributed by atoms with Crippen LogP contribution in [0.1, 0.15) is 43.6 Å². The fourth-order valence-corrected chi connectivity index (χ4v) is 6.57. The van der Waals surface area contributed by atoms with Crippen molar-refractivity contribution in [2.75, 3.05) is 56.6 Å². The number of hydrogen-bond donors (Lipinski definition) is 1. The van der Waals surface area contributed by atoms with Crippen molar-refractivity contribution in [1.82, 2.24) is 20.2 Å². The summed E-state index contributed by atoms with van der Waals surface area (Å²) in [4.78, 5) is 31.9. The Morgan fingerprint density at radius 1 is 1.14 bits per heavy atom. The highest BCUT2D eigenvalue weighted by Crippen LogP contribution is 2.42. The van der Waals surface area contributed by atoms with Crippen molar-refractivity contribution in [2.24, 2.45) is 5.92 Å². The van der Waals surface area contributed by atoms with E-state index in [9.17, 15) is 4.79 Å². The lowest BCUT2D eigenvalue weighted by molar-refractivity contribution is 0.194. The maximum absolute atomic E-state index is 12.6. The summed E-state index contributed by atoms with van der Waals surface area (Å²) in [5.74, 6) is 2.55. The zero-order valence-corrected chi connectivity index (χ0v) is 22.8. The molecule has 1 fully saturated rings. The molecular weight excluding hydrogens is 468 g/mol. The van der Waals surface area contributed by atoms with Crippen LogP contribution in [0.3, 0.4) is 0 Å². The number of unbranched alkanes of at least 4 members (excludes halogenated alkanes) is 1. The van der Waals surface area contributed by atoms with Crippen LogP contribution in [-0.2, 0) is 12.8 Å². The Morgan fingerprint density at radius 2 is 1.89 bits per heavy atom. The molecule has 3 heterocycles. The molecule has 3 aromatic rings. The third-order valence-electron chi connectivity index (χ3n) is 7.45. The first-order valence-electron chi connectivity index (χ1n) is 13.3. The van der Waals surface area contributed by atoms with Crippen LogP contribution in [-0.4, -0.2) is 67.7 Å². The van der Waals surface area contributed by atoms with Crippen LogP contribution in [0.4, 0.5) is 16.3 Å². The second-order valence-electron chi connectivity index (χ2n) is 10.4. The number of anilines is 2. The van der Waals surface area contributed by atoms with Gasteiger partial charge in [-0.2, -0.15) is 0 Å². The highest BCUT2D eigenvalue weighted by atomic mass is 32.1. The van der Waals surface area contributed by atoms with Gasteiger partial charge in [0.25, 0.3) is 0 Å². The van der Waals surface area contributed by atoms with E-state index in [1.807, 2.05) is 16.2 Å². The molecule has 1 aromatic carbocycles. The molecule has 1 N–H and O–H groups in total. The van der Waals surface area contributed by atoms with Gasteiger partial charge < -0.3 is 20.0 Å². The van der Waals surface area contributed by atoms with E-state index in [0.717, 1.165) is 79.0 Å². The van der Waals surface area contributed by atoms with Crippen LogP contribution in [0, 0.1) is 5.92 Å². The largest absolute Gasteiger partial charge is 0.378 e. The second kappa shape index (κ2) is 10.6. The van der Waals surface area contributed by atoms with Gasteiger partial charge in [-0.1, -0.05) is 20.3 Å². The molecule has 0 radical (unpaired) electrons. The number of carbonyl (C=O) groups is 1. The number of fused-ring (bicyclic) bond motifs is 3. The molecule has 7 nitrogen and oxygen atoms in total. The van der Waals surface area contributed by atoms with E-state index in [1.165, 1.54) is 22.2 Å². The minimum absolute atomic E-state index is 0.0551. The van der Waals surface area contributed by atoms with Crippen LogP contribution < -0.4 is 15.1 Å². The fourth-order valence-electron chi connectivity index (χ4n) is 5.19.